The van der Waals surface area contributed by atoms with Gasteiger partial charge in [-0.2, -0.15) is 0 Å². The molecule has 0 aromatic heterocycles. The molecule has 0 saturated heterocycles. The number of halogens is 1. The summed E-state index contributed by atoms with van der Waals surface area (Å²) in [5.74, 6) is -0.0199. The van der Waals surface area contributed by atoms with E-state index in [-0.39, 0.29) is 12.2 Å². The summed E-state index contributed by atoms with van der Waals surface area (Å²) < 4.78 is 5.53. The third-order valence-corrected chi connectivity index (χ3v) is 3.92. The van der Waals surface area contributed by atoms with Gasteiger partial charge in [0.1, 0.15) is 6.61 Å². The Labute approximate surface area is 152 Å². The number of rotatable bonds is 10. The molecule has 0 radical (unpaired) electrons. The average molecular weight is 363 g/mol. The third kappa shape index (κ3) is 7.03. The fourth-order valence-corrected chi connectivity index (χ4v) is 2.55. The summed E-state index contributed by atoms with van der Waals surface area (Å²) in [4.78, 5) is 10.9. The number of amides is 1. The van der Waals surface area contributed by atoms with Crippen molar-refractivity contribution in [3.05, 3.63) is 58.6 Å². The van der Waals surface area contributed by atoms with Crippen LogP contribution in [0.2, 0.25) is 5.02 Å². The number of carbonyl (C=O) groups excluding carboxylic acids is 1. The molecule has 0 unspecified atom stereocenters. The van der Waals surface area contributed by atoms with Gasteiger partial charge in [-0.05, 0) is 54.8 Å². The van der Waals surface area contributed by atoms with Crippen LogP contribution in [0.1, 0.15) is 17.5 Å². The highest BCUT2D eigenvalue weighted by molar-refractivity contribution is 6.30. The number of benzene rings is 2. The number of aromatic hydroxyl groups is 1. The van der Waals surface area contributed by atoms with E-state index in [9.17, 15) is 9.90 Å². The lowest BCUT2D eigenvalue weighted by Crippen LogP contribution is -2.22. The Hall–Kier alpha value is -2.24. The van der Waals surface area contributed by atoms with Crippen LogP contribution in [0, 0.1) is 0 Å². The first-order valence-electron chi connectivity index (χ1n) is 8.23. The molecule has 0 fully saturated rings. The second kappa shape index (κ2) is 9.91. The summed E-state index contributed by atoms with van der Waals surface area (Å²) in [6.07, 6.45) is 2.12. The maximum atomic E-state index is 10.9. The number of hydrogen-bond donors (Lipinski definition) is 3. The molecule has 25 heavy (non-hydrogen) atoms. The van der Waals surface area contributed by atoms with Gasteiger partial charge in [0.15, 0.2) is 11.5 Å². The number of primary amides is 1. The van der Waals surface area contributed by atoms with Gasteiger partial charge in [0, 0.05) is 11.6 Å². The highest BCUT2D eigenvalue weighted by Gasteiger charge is 2.05. The summed E-state index contributed by atoms with van der Waals surface area (Å²) >= 11 is 5.86. The van der Waals surface area contributed by atoms with Crippen molar-refractivity contribution in [2.45, 2.75) is 19.3 Å². The van der Waals surface area contributed by atoms with Crippen LogP contribution in [0.15, 0.2) is 42.5 Å². The number of nitrogens with two attached hydrogens (primary N) is 1. The van der Waals surface area contributed by atoms with E-state index in [1.807, 2.05) is 24.3 Å². The van der Waals surface area contributed by atoms with Crippen molar-refractivity contribution in [2.24, 2.45) is 5.73 Å². The number of phenols is 1. The van der Waals surface area contributed by atoms with Crippen LogP contribution in [0.3, 0.4) is 0 Å². The normalized spacial score (nSPS) is 10.6. The highest BCUT2D eigenvalue weighted by atomic mass is 35.5. The van der Waals surface area contributed by atoms with Crippen molar-refractivity contribution in [3.8, 4) is 11.5 Å². The quantitative estimate of drug-likeness (QED) is 0.567. The van der Waals surface area contributed by atoms with Gasteiger partial charge in [-0.3, -0.25) is 4.79 Å². The van der Waals surface area contributed by atoms with Crippen LogP contribution in [-0.4, -0.2) is 30.7 Å². The van der Waals surface area contributed by atoms with Crippen LogP contribution in [0.5, 0.6) is 11.5 Å². The van der Waals surface area contributed by atoms with E-state index in [4.69, 9.17) is 22.1 Å². The molecule has 2 aromatic rings. The smallest absolute Gasteiger partial charge is 0.221 e. The van der Waals surface area contributed by atoms with Gasteiger partial charge >= 0.3 is 0 Å². The predicted octanol–water partition coefficient (Wildman–Crippen LogP) is 2.67. The van der Waals surface area contributed by atoms with E-state index < -0.39 is 5.91 Å². The van der Waals surface area contributed by atoms with E-state index in [2.05, 4.69) is 5.32 Å². The lowest BCUT2D eigenvalue weighted by molar-refractivity contribution is -0.117. The van der Waals surface area contributed by atoms with Gasteiger partial charge < -0.3 is 20.9 Å². The topological polar surface area (TPSA) is 84.6 Å². The summed E-state index contributed by atoms with van der Waals surface area (Å²) in [5.41, 5.74) is 7.06. The van der Waals surface area contributed by atoms with E-state index in [1.165, 1.54) is 11.6 Å². The molecule has 0 saturated carbocycles. The summed E-state index contributed by atoms with van der Waals surface area (Å²) in [5, 5.41) is 13.9. The fraction of sp³-hybridized carbons (Fsp3) is 0.316. The molecule has 0 aliphatic rings. The van der Waals surface area contributed by atoms with Gasteiger partial charge in [0.2, 0.25) is 5.91 Å². The first kappa shape index (κ1) is 19.1. The minimum atomic E-state index is -0.434. The Balaban J connectivity index is 1.61. The number of nitrogens with one attached hydrogen (secondary N) is 1. The van der Waals surface area contributed by atoms with Crippen molar-refractivity contribution in [1.82, 2.24) is 5.32 Å². The Morgan fingerprint density at radius 1 is 1.12 bits per heavy atom. The average Bonchev–Trinajstić information content (AvgIpc) is 2.57. The second-order valence-electron chi connectivity index (χ2n) is 5.77. The molecular formula is C19H23ClN2O3. The SMILES string of the molecule is NC(=O)Cc1ccc(OCCNCCCc2ccc(Cl)cc2)c(O)c1. The van der Waals surface area contributed by atoms with Crippen molar-refractivity contribution < 1.29 is 14.6 Å². The molecule has 0 spiro atoms. The summed E-state index contributed by atoms with van der Waals surface area (Å²) in [6, 6.07) is 12.7. The minimum Gasteiger partial charge on any atom is -0.504 e. The van der Waals surface area contributed by atoms with Crippen molar-refractivity contribution in [2.75, 3.05) is 19.7 Å². The zero-order valence-electron chi connectivity index (χ0n) is 14.0. The third-order valence-electron chi connectivity index (χ3n) is 3.67. The number of hydrogen-bond acceptors (Lipinski definition) is 4. The molecule has 4 N–H and O–H groups in total. The first-order valence-corrected chi connectivity index (χ1v) is 8.60. The molecule has 0 bridgehead atoms. The molecule has 0 aliphatic heterocycles. The van der Waals surface area contributed by atoms with Crippen molar-refractivity contribution in [3.63, 3.8) is 0 Å². The van der Waals surface area contributed by atoms with Crippen LogP contribution < -0.4 is 15.8 Å². The number of ether oxygens (including phenoxy) is 1. The molecule has 2 aromatic carbocycles. The standard InChI is InChI=1S/C19H23ClN2O3/c20-16-6-3-14(4-7-16)2-1-9-22-10-11-25-18-8-5-15(12-17(18)23)13-19(21)24/h3-8,12,22-23H,1-2,9-11,13H2,(H2,21,24). The second-order valence-corrected chi connectivity index (χ2v) is 6.21. The van der Waals surface area contributed by atoms with Gasteiger partial charge in [-0.15, -0.1) is 0 Å². The maximum Gasteiger partial charge on any atom is 0.221 e. The van der Waals surface area contributed by atoms with Crippen molar-refractivity contribution >= 4 is 17.5 Å². The Morgan fingerprint density at radius 3 is 2.52 bits per heavy atom. The molecule has 6 heteroatoms. The van der Waals surface area contributed by atoms with Gasteiger partial charge in [0.05, 0.1) is 6.42 Å². The molecule has 0 heterocycles. The molecule has 0 atom stereocenters. The van der Waals surface area contributed by atoms with Gasteiger partial charge in [-0.25, -0.2) is 0 Å². The number of aryl methyl sites for hydroxylation is 1. The largest absolute Gasteiger partial charge is 0.504 e. The van der Waals surface area contributed by atoms with Crippen LogP contribution in [-0.2, 0) is 17.6 Å². The van der Waals surface area contributed by atoms with Gasteiger partial charge in [-0.1, -0.05) is 29.8 Å². The van der Waals surface area contributed by atoms with Crippen LogP contribution in [0.4, 0.5) is 0 Å². The highest BCUT2D eigenvalue weighted by Crippen LogP contribution is 2.26. The van der Waals surface area contributed by atoms with Gasteiger partial charge in [0.25, 0.3) is 0 Å². The lowest BCUT2D eigenvalue weighted by atomic mass is 10.1. The molecule has 5 nitrogen and oxygen atoms in total. The molecule has 1 amide bonds. The van der Waals surface area contributed by atoms with E-state index in [0.717, 1.165) is 24.4 Å². The maximum absolute atomic E-state index is 10.9. The number of carbonyl (C=O) groups is 1. The van der Waals surface area contributed by atoms with Crippen molar-refractivity contribution in [1.29, 1.82) is 0 Å². The lowest BCUT2D eigenvalue weighted by Gasteiger charge is -2.10. The van der Waals surface area contributed by atoms with E-state index in [0.29, 0.717) is 24.5 Å². The zero-order valence-corrected chi connectivity index (χ0v) is 14.8. The monoisotopic (exact) mass is 362 g/mol. The molecule has 134 valence electrons. The number of phenolic OH excluding ortho intramolecular Hbond substituents is 1. The first-order chi connectivity index (χ1) is 12.0. The zero-order chi connectivity index (χ0) is 18.1. The Bertz CT molecular complexity index is 690. The fourth-order valence-electron chi connectivity index (χ4n) is 2.42. The molecular weight excluding hydrogens is 340 g/mol. The Kier molecular flexibility index (Phi) is 7.57. The van der Waals surface area contributed by atoms with Crippen LogP contribution >= 0.6 is 11.6 Å². The summed E-state index contributed by atoms with van der Waals surface area (Å²) in [7, 11) is 0. The Morgan fingerprint density at radius 2 is 1.84 bits per heavy atom. The predicted molar refractivity (Wildman–Crippen MR) is 99.1 cm³/mol. The van der Waals surface area contributed by atoms with E-state index >= 15 is 0 Å². The minimum absolute atomic E-state index is 0.0153. The molecule has 0 aliphatic carbocycles. The summed E-state index contributed by atoms with van der Waals surface area (Å²) in [6.45, 7) is 2.02. The van der Waals surface area contributed by atoms with E-state index in [1.54, 1.807) is 12.1 Å². The van der Waals surface area contributed by atoms with Crippen LogP contribution in [0.25, 0.3) is 0 Å². The molecule has 2 rings (SSSR count).